The van der Waals surface area contributed by atoms with Crippen molar-refractivity contribution >= 4 is 0 Å². The Morgan fingerprint density at radius 3 is 2.55 bits per heavy atom. The van der Waals surface area contributed by atoms with Crippen LogP contribution in [0.5, 0.6) is 0 Å². The minimum absolute atomic E-state index is 0.856. The summed E-state index contributed by atoms with van der Waals surface area (Å²) in [6.07, 6.45) is 10.2. The number of nitrogens with zero attached hydrogens (tertiary/aromatic N) is 1. The van der Waals surface area contributed by atoms with Crippen LogP contribution in [0.25, 0.3) is 11.3 Å². The fraction of sp³-hybridized carbons (Fsp3) is 0.421. The van der Waals surface area contributed by atoms with Gasteiger partial charge in [-0.1, -0.05) is 68.5 Å². The van der Waals surface area contributed by atoms with Crippen LogP contribution in [-0.2, 0) is 6.42 Å². The van der Waals surface area contributed by atoms with Crippen LogP contribution in [0.1, 0.15) is 43.2 Å². The Kier molecular flexibility index (Phi) is 4.15. The molecule has 20 heavy (non-hydrogen) atoms. The molecule has 1 aliphatic carbocycles. The number of rotatable bonds is 3. The summed E-state index contributed by atoms with van der Waals surface area (Å²) < 4.78 is 0. The zero-order valence-electron chi connectivity index (χ0n) is 12.3. The lowest BCUT2D eigenvalue weighted by Crippen LogP contribution is -2.10. The lowest BCUT2D eigenvalue weighted by atomic mass is 9.84. The van der Waals surface area contributed by atoms with Crippen molar-refractivity contribution < 1.29 is 0 Å². The highest BCUT2D eigenvalue weighted by Gasteiger charge is 2.16. The minimum atomic E-state index is 0.856. The lowest BCUT2D eigenvalue weighted by molar-refractivity contribution is 0.356. The van der Waals surface area contributed by atoms with E-state index in [2.05, 4.69) is 43.3 Å². The Morgan fingerprint density at radius 1 is 1.05 bits per heavy atom. The summed E-state index contributed by atoms with van der Waals surface area (Å²) >= 11 is 0. The zero-order chi connectivity index (χ0) is 13.8. The molecule has 0 atom stereocenters. The standard InChI is InChI=1S/C19H23N/c1-15-12-18(13-16-8-4-2-5-9-16)19(20-14-15)17-10-6-3-7-11-17/h3,6-7,10-12,14,16H,2,4-5,8-9,13H2,1H3. The number of pyridine rings is 1. The first kappa shape index (κ1) is 13.4. The van der Waals surface area contributed by atoms with Crippen LogP contribution in [0.15, 0.2) is 42.6 Å². The lowest BCUT2D eigenvalue weighted by Gasteiger charge is -2.22. The van der Waals surface area contributed by atoms with Crippen LogP contribution in [0, 0.1) is 12.8 Å². The van der Waals surface area contributed by atoms with Crippen molar-refractivity contribution in [1.29, 1.82) is 0 Å². The fourth-order valence-electron chi connectivity index (χ4n) is 3.34. The first-order valence-corrected chi connectivity index (χ1v) is 7.84. The van der Waals surface area contributed by atoms with Gasteiger partial charge >= 0.3 is 0 Å². The molecular weight excluding hydrogens is 242 g/mol. The Hall–Kier alpha value is -1.63. The molecule has 1 saturated carbocycles. The average molecular weight is 265 g/mol. The second-order valence-corrected chi connectivity index (χ2v) is 6.09. The van der Waals surface area contributed by atoms with Gasteiger partial charge in [-0.3, -0.25) is 4.98 Å². The maximum atomic E-state index is 4.71. The van der Waals surface area contributed by atoms with E-state index in [0.29, 0.717) is 0 Å². The zero-order valence-corrected chi connectivity index (χ0v) is 12.3. The average Bonchev–Trinajstić information content (AvgIpc) is 2.49. The van der Waals surface area contributed by atoms with Crippen molar-refractivity contribution in [3.05, 3.63) is 53.7 Å². The maximum absolute atomic E-state index is 4.71. The van der Waals surface area contributed by atoms with Crippen molar-refractivity contribution in [2.75, 3.05) is 0 Å². The third-order valence-corrected chi connectivity index (χ3v) is 4.38. The Labute approximate surface area is 122 Å². The maximum Gasteiger partial charge on any atom is 0.0734 e. The molecule has 1 aromatic carbocycles. The molecule has 0 aliphatic heterocycles. The van der Waals surface area contributed by atoms with Crippen molar-refractivity contribution in [2.45, 2.75) is 45.4 Å². The third-order valence-electron chi connectivity index (χ3n) is 4.38. The summed E-state index contributed by atoms with van der Waals surface area (Å²) in [6, 6.07) is 12.9. The predicted molar refractivity (Wildman–Crippen MR) is 84.7 cm³/mol. The molecule has 0 N–H and O–H groups in total. The molecule has 1 fully saturated rings. The monoisotopic (exact) mass is 265 g/mol. The normalized spacial score (nSPS) is 16.2. The van der Waals surface area contributed by atoms with Gasteiger partial charge < -0.3 is 0 Å². The number of aromatic nitrogens is 1. The summed E-state index contributed by atoms with van der Waals surface area (Å²) in [5.74, 6) is 0.856. The van der Waals surface area contributed by atoms with E-state index in [1.54, 1.807) is 0 Å². The molecule has 0 bridgehead atoms. The van der Waals surface area contributed by atoms with E-state index in [9.17, 15) is 0 Å². The van der Waals surface area contributed by atoms with Gasteiger partial charge in [0.15, 0.2) is 0 Å². The second-order valence-electron chi connectivity index (χ2n) is 6.09. The van der Waals surface area contributed by atoms with Crippen LogP contribution in [0.4, 0.5) is 0 Å². The first-order valence-electron chi connectivity index (χ1n) is 7.84. The molecule has 0 saturated heterocycles. The van der Waals surface area contributed by atoms with Gasteiger partial charge in [-0.15, -0.1) is 0 Å². The highest BCUT2D eigenvalue weighted by molar-refractivity contribution is 5.63. The van der Waals surface area contributed by atoms with Gasteiger partial charge in [0.2, 0.25) is 0 Å². The summed E-state index contributed by atoms with van der Waals surface area (Å²) in [4.78, 5) is 4.71. The van der Waals surface area contributed by atoms with Crippen LogP contribution in [-0.4, -0.2) is 4.98 Å². The van der Waals surface area contributed by atoms with E-state index in [1.165, 1.54) is 60.9 Å². The van der Waals surface area contributed by atoms with Gasteiger partial charge in [0.05, 0.1) is 5.69 Å². The SMILES string of the molecule is Cc1cnc(-c2ccccc2)c(CC2CCCCC2)c1. The van der Waals surface area contributed by atoms with Gasteiger partial charge in [-0.05, 0) is 30.4 Å². The minimum Gasteiger partial charge on any atom is -0.256 e. The first-order chi connectivity index (χ1) is 9.83. The molecule has 1 heteroatoms. The van der Waals surface area contributed by atoms with Gasteiger partial charge in [0.1, 0.15) is 0 Å². The molecule has 1 aliphatic rings. The van der Waals surface area contributed by atoms with Crippen molar-refractivity contribution in [3.63, 3.8) is 0 Å². The molecule has 1 heterocycles. The van der Waals surface area contributed by atoms with Crippen LogP contribution < -0.4 is 0 Å². The number of benzene rings is 1. The topological polar surface area (TPSA) is 12.9 Å². The quantitative estimate of drug-likeness (QED) is 0.745. The van der Waals surface area contributed by atoms with E-state index < -0.39 is 0 Å². The van der Waals surface area contributed by atoms with Gasteiger partial charge in [-0.25, -0.2) is 0 Å². The van der Waals surface area contributed by atoms with Crippen molar-refractivity contribution in [3.8, 4) is 11.3 Å². The highest BCUT2D eigenvalue weighted by Crippen LogP contribution is 2.30. The molecule has 3 rings (SSSR count). The molecule has 104 valence electrons. The Balaban J connectivity index is 1.90. The van der Waals surface area contributed by atoms with E-state index in [-0.39, 0.29) is 0 Å². The Morgan fingerprint density at radius 2 is 1.80 bits per heavy atom. The van der Waals surface area contributed by atoms with Crippen LogP contribution >= 0.6 is 0 Å². The number of aryl methyl sites for hydroxylation is 1. The van der Waals surface area contributed by atoms with E-state index >= 15 is 0 Å². The summed E-state index contributed by atoms with van der Waals surface area (Å²) in [5.41, 5.74) is 5.14. The fourth-order valence-corrected chi connectivity index (χ4v) is 3.34. The molecule has 0 spiro atoms. The van der Waals surface area contributed by atoms with Gasteiger partial charge in [-0.2, -0.15) is 0 Å². The predicted octanol–water partition coefficient (Wildman–Crippen LogP) is 5.18. The van der Waals surface area contributed by atoms with Crippen LogP contribution in [0.2, 0.25) is 0 Å². The van der Waals surface area contributed by atoms with E-state index in [0.717, 1.165) is 5.92 Å². The second kappa shape index (κ2) is 6.21. The van der Waals surface area contributed by atoms with Gasteiger partial charge in [0, 0.05) is 11.8 Å². The molecule has 2 aromatic rings. The van der Waals surface area contributed by atoms with E-state index in [4.69, 9.17) is 4.98 Å². The van der Waals surface area contributed by atoms with E-state index in [1.807, 2.05) is 6.20 Å². The number of hydrogen-bond acceptors (Lipinski definition) is 1. The third kappa shape index (κ3) is 3.09. The van der Waals surface area contributed by atoms with Crippen molar-refractivity contribution in [2.24, 2.45) is 5.92 Å². The summed E-state index contributed by atoms with van der Waals surface area (Å²) in [5, 5.41) is 0. The highest BCUT2D eigenvalue weighted by atomic mass is 14.7. The van der Waals surface area contributed by atoms with Crippen molar-refractivity contribution in [1.82, 2.24) is 4.98 Å². The molecule has 0 amide bonds. The molecule has 1 nitrogen and oxygen atoms in total. The van der Waals surface area contributed by atoms with Crippen LogP contribution in [0.3, 0.4) is 0 Å². The smallest absolute Gasteiger partial charge is 0.0734 e. The molecule has 0 unspecified atom stereocenters. The largest absolute Gasteiger partial charge is 0.256 e. The molecular formula is C19H23N. The van der Waals surface area contributed by atoms with Gasteiger partial charge in [0.25, 0.3) is 0 Å². The summed E-state index contributed by atoms with van der Waals surface area (Å²) in [7, 11) is 0. The Bertz CT molecular complexity index is 553. The number of hydrogen-bond donors (Lipinski definition) is 0. The molecule has 1 aromatic heterocycles. The summed E-state index contributed by atoms with van der Waals surface area (Å²) in [6.45, 7) is 2.14. The molecule has 0 radical (unpaired) electrons.